The van der Waals surface area contributed by atoms with Gasteiger partial charge in [-0.1, -0.05) is 25.3 Å². The van der Waals surface area contributed by atoms with Crippen LogP contribution in [0.1, 0.15) is 70.8 Å². The molecule has 0 saturated carbocycles. The number of aliphatic imine (C=N–C) groups is 1. The van der Waals surface area contributed by atoms with Crippen LogP contribution < -0.4 is 10.5 Å². The number of aryl methyl sites for hydroxylation is 1. The Kier molecular flexibility index (Phi) is 11.0. The number of benzene rings is 1. The quantitative estimate of drug-likeness (QED) is 0.176. The number of ether oxygens (including phenoxy) is 2. The second-order valence-electron chi connectivity index (χ2n) is 9.81. The van der Waals surface area contributed by atoms with Crippen LogP contribution in [-0.2, 0) is 6.42 Å². The van der Waals surface area contributed by atoms with Crippen molar-refractivity contribution >= 4 is 6.21 Å². The van der Waals surface area contributed by atoms with E-state index >= 15 is 0 Å². The highest BCUT2D eigenvalue weighted by Crippen LogP contribution is 2.32. The molecule has 0 saturated heterocycles. The molecule has 2 aliphatic rings. The molecule has 0 fully saturated rings. The molecule has 0 spiro atoms. The van der Waals surface area contributed by atoms with Gasteiger partial charge in [-0.05, 0) is 63.8 Å². The van der Waals surface area contributed by atoms with Crippen LogP contribution in [0.3, 0.4) is 0 Å². The molecule has 1 atom stereocenters. The number of aromatic hydroxyl groups is 1. The number of hydrogen-bond acceptors (Lipinski definition) is 5. The van der Waals surface area contributed by atoms with Crippen molar-refractivity contribution in [2.45, 2.75) is 77.7 Å². The van der Waals surface area contributed by atoms with Crippen molar-refractivity contribution in [3.63, 3.8) is 0 Å². The summed E-state index contributed by atoms with van der Waals surface area (Å²) in [5.74, 6) is 2.36. The molecule has 6 heteroatoms. The van der Waals surface area contributed by atoms with Crippen molar-refractivity contribution in [2.24, 2.45) is 16.6 Å². The Balaban J connectivity index is 1.42. The van der Waals surface area contributed by atoms with Gasteiger partial charge in [0.2, 0.25) is 0 Å². The topological polar surface area (TPSA) is 101 Å². The molecule has 2 heterocycles. The minimum absolute atomic E-state index is 0.0684. The van der Waals surface area contributed by atoms with Crippen LogP contribution in [0.15, 0.2) is 46.6 Å². The molecule has 0 amide bonds. The first kappa shape index (κ1) is 27.2. The number of aliphatic hydroxyl groups is 3. The third kappa shape index (κ3) is 8.64. The molecule has 0 bridgehead atoms. The highest BCUT2D eigenvalue weighted by Gasteiger charge is 2.25. The van der Waals surface area contributed by atoms with E-state index in [4.69, 9.17) is 15.2 Å². The molecule has 1 unspecified atom stereocenters. The first-order chi connectivity index (χ1) is 17.0. The van der Waals surface area contributed by atoms with E-state index in [1.54, 1.807) is 6.07 Å². The summed E-state index contributed by atoms with van der Waals surface area (Å²) in [7, 11) is 0. The largest absolute Gasteiger partial charge is 0.504 e. The Labute approximate surface area is 210 Å². The van der Waals surface area contributed by atoms with Crippen molar-refractivity contribution in [1.29, 1.82) is 0 Å². The van der Waals surface area contributed by atoms with Gasteiger partial charge in [-0.2, -0.15) is 0 Å². The molecule has 2 aliphatic heterocycles. The van der Waals surface area contributed by atoms with Crippen LogP contribution in [-0.4, -0.2) is 47.0 Å². The molecule has 6 nitrogen and oxygen atoms in total. The lowest BCUT2D eigenvalue weighted by Gasteiger charge is -2.19. The van der Waals surface area contributed by atoms with Gasteiger partial charge in [-0.15, -0.1) is 16.6 Å². The zero-order chi connectivity index (χ0) is 25.0. The van der Waals surface area contributed by atoms with Gasteiger partial charge >= 0.3 is 0 Å². The van der Waals surface area contributed by atoms with Gasteiger partial charge in [-0.3, -0.25) is 0 Å². The summed E-state index contributed by atoms with van der Waals surface area (Å²) >= 11 is 0. The van der Waals surface area contributed by atoms with E-state index < -0.39 is 0 Å². The number of aliphatic hydroxyl groups excluding tert-OH is 1. The number of rotatable bonds is 16. The van der Waals surface area contributed by atoms with Gasteiger partial charge in [0.25, 0.3) is 0 Å². The molecule has 0 aliphatic carbocycles. The number of nitrogens with two attached hydrogens (primary N) is 1. The minimum atomic E-state index is 0.0684. The van der Waals surface area contributed by atoms with Crippen LogP contribution in [0.5, 0.6) is 11.5 Å². The molecule has 192 valence electrons. The smallest absolute Gasteiger partial charge is 0.178 e. The molecule has 35 heavy (non-hydrogen) atoms. The van der Waals surface area contributed by atoms with Crippen LogP contribution in [0.2, 0.25) is 0 Å². The fourth-order valence-electron chi connectivity index (χ4n) is 4.43. The predicted octanol–water partition coefficient (Wildman–Crippen LogP) is 4.95. The van der Waals surface area contributed by atoms with E-state index in [9.17, 15) is 10.2 Å². The van der Waals surface area contributed by atoms with Crippen molar-refractivity contribution in [3.05, 3.63) is 59.2 Å². The summed E-state index contributed by atoms with van der Waals surface area (Å²) in [5.41, 5.74) is 8.69. The fourth-order valence-corrected chi connectivity index (χ4v) is 4.43. The normalized spacial score (nSPS) is 17.5. The van der Waals surface area contributed by atoms with Crippen LogP contribution >= 0.6 is 0 Å². The van der Waals surface area contributed by atoms with E-state index in [1.165, 1.54) is 25.2 Å². The van der Waals surface area contributed by atoms with Crippen LogP contribution in [0.25, 0.3) is 0 Å². The highest BCUT2D eigenvalue weighted by atomic mass is 16.5. The van der Waals surface area contributed by atoms with E-state index in [0.717, 1.165) is 61.6 Å². The van der Waals surface area contributed by atoms with Crippen molar-refractivity contribution in [3.8, 4) is 11.5 Å². The summed E-state index contributed by atoms with van der Waals surface area (Å²) in [4.78, 5) is 4.45. The highest BCUT2D eigenvalue weighted by molar-refractivity contribution is 5.82. The second-order valence-corrected chi connectivity index (χ2v) is 9.81. The first-order valence-electron chi connectivity index (χ1n) is 13.1. The van der Waals surface area contributed by atoms with Gasteiger partial charge in [0, 0.05) is 18.9 Å². The number of phenols is 1. The molecule has 0 radical (unpaired) electrons. The van der Waals surface area contributed by atoms with E-state index in [0.29, 0.717) is 24.7 Å². The number of phenolic OH excluding ortho intramolecular Hbond substituents is 1. The maximum atomic E-state index is 10.2. The zero-order valence-corrected chi connectivity index (χ0v) is 21.4. The molecule has 0 aromatic heterocycles. The predicted molar refractivity (Wildman–Crippen MR) is 142 cm³/mol. The SMILES string of the molecule is CC(C)[C+]1C=NC(CCOc2cc(CC[C-]3C=C(CO)C(CCCCCCCN)[OH+]3)ccc2O)=C1. The summed E-state index contributed by atoms with van der Waals surface area (Å²) in [6.07, 6.45) is 16.4. The van der Waals surface area contributed by atoms with Gasteiger partial charge in [-0.25, -0.2) is 0 Å². The second kappa shape index (κ2) is 14.2. The zero-order valence-electron chi connectivity index (χ0n) is 21.4. The van der Waals surface area contributed by atoms with Gasteiger partial charge < -0.3 is 25.4 Å². The number of hydrogen-bond donors (Lipinski definition) is 3. The summed E-state index contributed by atoms with van der Waals surface area (Å²) in [6, 6.07) is 5.54. The number of nitrogens with zero attached hydrogens (tertiary/aromatic N) is 1. The van der Waals surface area contributed by atoms with Crippen LogP contribution in [0, 0.1) is 17.9 Å². The van der Waals surface area contributed by atoms with E-state index in [-0.39, 0.29) is 18.5 Å². The number of unbranched alkanes of at least 4 members (excludes halogenated alkanes) is 4. The monoisotopic (exact) mass is 483 g/mol. The maximum Gasteiger partial charge on any atom is 0.178 e. The molecular weight excluding hydrogens is 440 g/mol. The minimum Gasteiger partial charge on any atom is -0.504 e. The molecule has 3 rings (SSSR count). The summed E-state index contributed by atoms with van der Waals surface area (Å²) in [5, 5.41) is 20.0. The summed E-state index contributed by atoms with van der Waals surface area (Å²) < 4.78 is 10.8. The van der Waals surface area contributed by atoms with Gasteiger partial charge in [0.1, 0.15) is 30.9 Å². The average molecular weight is 484 g/mol. The summed E-state index contributed by atoms with van der Waals surface area (Å²) in [6.45, 7) is 5.62. The lowest BCUT2D eigenvalue weighted by molar-refractivity contribution is -0.0552. The van der Waals surface area contributed by atoms with Crippen molar-refractivity contribution < 1.29 is 19.7 Å². The Morgan fingerprint density at radius 2 is 1.97 bits per heavy atom. The number of allylic oxidation sites excluding steroid dienone is 1. The Morgan fingerprint density at radius 3 is 2.71 bits per heavy atom. The van der Waals surface area contributed by atoms with E-state index in [2.05, 4.69) is 31.0 Å². The maximum absolute atomic E-state index is 10.2. The third-order valence-electron chi connectivity index (χ3n) is 6.66. The van der Waals surface area contributed by atoms with Crippen LogP contribution in [0.4, 0.5) is 0 Å². The Bertz CT molecular complexity index is 877. The third-order valence-corrected chi connectivity index (χ3v) is 6.66. The molecular formula is C29H43N2O4+. The van der Waals surface area contributed by atoms with Gasteiger partial charge in [0.05, 0.1) is 12.5 Å². The van der Waals surface area contributed by atoms with Gasteiger partial charge in [0.15, 0.2) is 17.2 Å². The van der Waals surface area contributed by atoms with Crippen molar-refractivity contribution in [1.82, 2.24) is 0 Å². The standard InChI is InChI=1S/C29H42N2O4/c1-21(2)23-17-25(31-19-23)13-15-34-29-16-22(10-12-27(29)33)9-11-26-18-24(20-32)28(35-26)8-6-4-3-5-7-14-30/h10,12,16-19,21,28,32,35H,3-9,11,13-15,20,30H2,1-2H3/p+1. The lowest BCUT2D eigenvalue weighted by Crippen LogP contribution is -2.17. The first-order valence-corrected chi connectivity index (χ1v) is 13.1. The van der Waals surface area contributed by atoms with Crippen molar-refractivity contribution in [2.75, 3.05) is 19.8 Å². The fraction of sp³-hybridized carbons (Fsp3) is 0.552. The molecule has 1 aromatic carbocycles. The molecule has 1 aromatic rings. The molecule has 5 N–H and O–H groups in total. The van der Waals surface area contributed by atoms with E-state index in [1.807, 2.05) is 18.3 Å². The Morgan fingerprint density at radius 1 is 1.17 bits per heavy atom. The average Bonchev–Trinajstić information content (AvgIpc) is 3.48. The Hall–Kier alpha value is -2.41. The lowest BCUT2D eigenvalue weighted by atomic mass is 9.97.